The third-order valence-corrected chi connectivity index (χ3v) is 0.283. The molecule has 9 heteroatoms. The predicted octanol–water partition coefficient (Wildman–Crippen LogP) is -1.34. The van der Waals surface area contributed by atoms with Crippen LogP contribution in [0.1, 0.15) is 0 Å². The van der Waals surface area contributed by atoms with E-state index in [1.807, 2.05) is 0 Å². The molecule has 0 aliphatic rings. The Morgan fingerprint density at radius 2 is 1.44 bits per heavy atom. The summed E-state index contributed by atoms with van der Waals surface area (Å²) in [6.45, 7) is 0. The fraction of sp³-hybridized carbons (Fsp3) is 0. The van der Waals surface area contributed by atoms with Crippen molar-refractivity contribution in [2.75, 3.05) is 0 Å². The van der Waals surface area contributed by atoms with E-state index in [-0.39, 0.29) is 0 Å². The summed E-state index contributed by atoms with van der Waals surface area (Å²) >= 11 is -1.62. The van der Waals surface area contributed by atoms with Gasteiger partial charge in [0.25, 0.3) is 0 Å². The minimum atomic E-state index is -4.61. The van der Waals surface area contributed by atoms with Crippen LogP contribution < -0.4 is 0 Å². The van der Waals surface area contributed by atoms with E-state index >= 15 is 0 Å². The summed E-state index contributed by atoms with van der Waals surface area (Å²) in [5.41, 5.74) is 0. The van der Waals surface area contributed by atoms with Gasteiger partial charge in [-0.3, -0.25) is 4.55 Å². The van der Waals surface area contributed by atoms with Crippen LogP contribution >= 0.6 is 0 Å². The van der Waals surface area contributed by atoms with Crippen LogP contribution in [0.5, 0.6) is 0 Å². The Hall–Kier alpha value is -0.0505. The van der Waals surface area contributed by atoms with E-state index < -0.39 is 25.2 Å². The Morgan fingerprint density at radius 3 is 1.44 bits per heavy atom. The second-order valence-electron chi connectivity index (χ2n) is 0.570. The maximum absolute atomic E-state index is 9.08. The van der Waals surface area contributed by atoms with Crippen LogP contribution in [-0.2, 0) is 22.4 Å². The SMILES string of the molecule is O=S(=O)(O)OO.O=[Se]=O. The predicted molar refractivity (Wildman–Crippen MR) is 22.4 cm³/mol. The van der Waals surface area contributed by atoms with E-state index in [1.165, 1.54) is 0 Å². The molecule has 2 N–H and O–H groups in total. The van der Waals surface area contributed by atoms with Crippen LogP contribution in [0.4, 0.5) is 0 Å². The van der Waals surface area contributed by atoms with Crippen molar-refractivity contribution in [3.63, 3.8) is 0 Å². The molecule has 0 amide bonds. The van der Waals surface area contributed by atoms with Crippen molar-refractivity contribution < 1.29 is 30.2 Å². The van der Waals surface area contributed by atoms with Gasteiger partial charge in [0.2, 0.25) is 0 Å². The Kier molecular flexibility index (Phi) is 7.90. The quantitative estimate of drug-likeness (QED) is 0.245. The van der Waals surface area contributed by atoms with Crippen LogP contribution in [0, 0.1) is 0 Å². The zero-order valence-corrected chi connectivity index (χ0v) is 6.28. The molecule has 0 atom stereocenters. The Morgan fingerprint density at radius 1 is 1.33 bits per heavy atom. The summed E-state index contributed by atoms with van der Waals surface area (Å²) in [4.78, 5) is 0. The first-order valence-corrected chi connectivity index (χ1v) is 3.96. The molecule has 0 unspecified atom stereocenters. The van der Waals surface area contributed by atoms with E-state index in [2.05, 4.69) is 4.33 Å². The molecule has 0 aliphatic carbocycles. The molecule has 0 aliphatic heterocycles. The first kappa shape index (κ1) is 11.7. The summed E-state index contributed by atoms with van der Waals surface area (Å²) in [7, 11) is -4.61. The van der Waals surface area contributed by atoms with Crippen molar-refractivity contribution in [2.24, 2.45) is 0 Å². The van der Waals surface area contributed by atoms with Gasteiger partial charge in [-0.2, -0.15) is 8.42 Å². The monoisotopic (exact) mass is 226 g/mol. The summed E-state index contributed by atoms with van der Waals surface area (Å²) in [6.07, 6.45) is 0. The first-order chi connectivity index (χ1) is 3.97. The molecule has 0 aromatic heterocycles. The molecule has 0 saturated carbocycles. The first-order valence-electron chi connectivity index (χ1n) is 1.20. The topological polar surface area (TPSA) is 118 Å². The Labute approximate surface area is 56.1 Å². The van der Waals surface area contributed by atoms with Crippen molar-refractivity contribution >= 4 is 25.2 Å². The summed E-state index contributed by atoms with van der Waals surface area (Å²) in [5, 5.41) is 7.06. The fourth-order valence-corrected chi connectivity index (χ4v) is 0. The fourth-order valence-electron chi connectivity index (χ4n) is 0. The average Bonchev–Trinajstić information content (AvgIpc) is 1.67. The second-order valence-corrected chi connectivity index (χ2v) is 1.86. The zero-order chi connectivity index (χ0) is 7.91. The van der Waals surface area contributed by atoms with Gasteiger partial charge in [-0.15, -0.1) is 0 Å². The summed E-state index contributed by atoms with van der Waals surface area (Å²) < 4.78 is 44.8. The number of rotatable bonds is 1. The zero-order valence-electron chi connectivity index (χ0n) is 3.75. The molecule has 0 fully saturated rings. The molecular weight excluding hydrogens is 223 g/mol. The Bertz CT molecular complexity index is 169. The standard InChI is InChI=1S/H2O5S.O2Se/c1-5-6(2,3)4;1-3-2/h1H,(H,2,3,4);. The molecule has 0 radical (unpaired) electrons. The third-order valence-electron chi connectivity index (χ3n) is 0.0942. The minimum absolute atomic E-state index is 1.62. The average molecular weight is 225 g/mol. The normalized spacial score (nSPS) is 9.11. The third kappa shape index (κ3) is 32.3. The molecule has 0 rings (SSSR count). The van der Waals surface area contributed by atoms with Gasteiger partial charge in [0.15, 0.2) is 0 Å². The van der Waals surface area contributed by atoms with Crippen LogP contribution in [0.3, 0.4) is 0 Å². The van der Waals surface area contributed by atoms with Crippen LogP contribution in [0.15, 0.2) is 0 Å². The van der Waals surface area contributed by atoms with Crippen LogP contribution in [0.25, 0.3) is 0 Å². The molecule has 7 nitrogen and oxygen atoms in total. The second kappa shape index (κ2) is 6.08. The molecule has 0 aromatic rings. The molecule has 0 bridgehead atoms. The van der Waals surface area contributed by atoms with Gasteiger partial charge in [-0.05, 0) is 0 Å². The van der Waals surface area contributed by atoms with E-state index in [4.69, 9.17) is 25.9 Å². The van der Waals surface area contributed by atoms with Crippen LogP contribution in [0.2, 0.25) is 0 Å². The Balaban J connectivity index is 0. The van der Waals surface area contributed by atoms with Gasteiger partial charge in [0, 0.05) is 0 Å². The van der Waals surface area contributed by atoms with E-state index in [9.17, 15) is 0 Å². The van der Waals surface area contributed by atoms with Gasteiger partial charge < -0.3 is 0 Å². The van der Waals surface area contributed by atoms with E-state index in [1.54, 1.807) is 0 Å². The molecule has 0 heterocycles. The van der Waals surface area contributed by atoms with E-state index in [0.717, 1.165) is 0 Å². The molecule has 9 heavy (non-hydrogen) atoms. The molecule has 0 aromatic carbocycles. The van der Waals surface area contributed by atoms with Crippen LogP contribution in [-0.4, -0.2) is 33.0 Å². The molecule has 56 valence electrons. The van der Waals surface area contributed by atoms with Gasteiger partial charge in [0.05, 0.1) is 0 Å². The van der Waals surface area contributed by atoms with Gasteiger partial charge in [-0.1, -0.05) is 4.33 Å². The van der Waals surface area contributed by atoms with Crippen molar-refractivity contribution in [1.29, 1.82) is 0 Å². The maximum atomic E-state index is 9.08. The van der Waals surface area contributed by atoms with Gasteiger partial charge in [-0.25, -0.2) is 5.26 Å². The molecule has 0 spiro atoms. The van der Waals surface area contributed by atoms with E-state index in [0.29, 0.717) is 0 Å². The van der Waals surface area contributed by atoms with Crippen molar-refractivity contribution in [2.45, 2.75) is 0 Å². The summed E-state index contributed by atoms with van der Waals surface area (Å²) in [6, 6.07) is 0. The van der Waals surface area contributed by atoms with Crippen molar-refractivity contribution in [3.05, 3.63) is 0 Å². The molecular formula is H2O7SSe. The van der Waals surface area contributed by atoms with Gasteiger partial charge >= 0.3 is 32.9 Å². The van der Waals surface area contributed by atoms with Gasteiger partial charge in [0.1, 0.15) is 0 Å². The number of hydrogen-bond donors (Lipinski definition) is 2. The summed E-state index contributed by atoms with van der Waals surface area (Å²) in [5.74, 6) is 0. The van der Waals surface area contributed by atoms with Crippen molar-refractivity contribution in [1.82, 2.24) is 0 Å². The number of hydrogen-bond acceptors (Lipinski definition) is 6. The molecule has 0 saturated heterocycles. The van der Waals surface area contributed by atoms with Crippen molar-refractivity contribution in [3.8, 4) is 0 Å².